The molecule has 0 spiro atoms. The van der Waals surface area contributed by atoms with Crippen molar-refractivity contribution in [3.05, 3.63) is 53.9 Å². The number of nitrogens with zero attached hydrogens (tertiary/aromatic N) is 1. The summed E-state index contributed by atoms with van der Waals surface area (Å²) in [6.45, 7) is 1.59. The minimum atomic E-state index is 0.196. The zero-order valence-electron chi connectivity index (χ0n) is 11.0. The average molecular weight is 258 g/mol. The van der Waals surface area contributed by atoms with Crippen LogP contribution < -0.4 is 10.1 Å². The van der Waals surface area contributed by atoms with Crippen molar-refractivity contribution in [3.8, 4) is 11.5 Å². The fraction of sp³-hybridized carbons (Fsp3) is 0.267. The normalized spacial score (nSPS) is 10.4. The van der Waals surface area contributed by atoms with E-state index in [2.05, 4.69) is 22.4 Å². The topological polar surface area (TPSA) is 54.4 Å². The van der Waals surface area contributed by atoms with Crippen molar-refractivity contribution in [2.24, 2.45) is 0 Å². The highest BCUT2D eigenvalue weighted by molar-refractivity contribution is 5.27. The van der Waals surface area contributed by atoms with Gasteiger partial charge in [0.15, 0.2) is 0 Å². The zero-order chi connectivity index (χ0) is 13.5. The number of rotatable bonds is 6. The van der Waals surface area contributed by atoms with Gasteiger partial charge in [-0.2, -0.15) is 0 Å². The first kappa shape index (κ1) is 13.4. The summed E-state index contributed by atoms with van der Waals surface area (Å²) in [6, 6.07) is 11.5. The molecule has 1 aromatic heterocycles. The highest BCUT2D eigenvalue weighted by Crippen LogP contribution is 2.11. The molecule has 4 heteroatoms. The molecule has 0 aliphatic rings. The van der Waals surface area contributed by atoms with Gasteiger partial charge in [0, 0.05) is 6.54 Å². The Morgan fingerprint density at radius 1 is 1.16 bits per heavy atom. The summed E-state index contributed by atoms with van der Waals surface area (Å²) in [5.74, 6) is 1.08. The van der Waals surface area contributed by atoms with Gasteiger partial charge in [0.05, 0.1) is 19.0 Å². The number of benzene rings is 1. The Balaban J connectivity index is 1.72. The first-order chi connectivity index (χ1) is 9.28. The summed E-state index contributed by atoms with van der Waals surface area (Å²) < 4.78 is 5.12. The first-order valence-corrected chi connectivity index (χ1v) is 6.25. The lowest BCUT2D eigenvalue weighted by molar-refractivity contribution is 0.414. The van der Waals surface area contributed by atoms with Crippen LogP contribution in [-0.4, -0.2) is 23.7 Å². The molecule has 0 unspecified atom stereocenters. The predicted molar refractivity (Wildman–Crippen MR) is 74.3 cm³/mol. The molecule has 1 aromatic carbocycles. The number of ether oxygens (including phenoxy) is 1. The van der Waals surface area contributed by atoms with Gasteiger partial charge in [0.25, 0.3) is 0 Å². The van der Waals surface area contributed by atoms with Gasteiger partial charge in [-0.25, -0.2) is 0 Å². The van der Waals surface area contributed by atoms with Crippen LogP contribution in [0.15, 0.2) is 42.6 Å². The molecule has 0 amide bonds. The lowest BCUT2D eigenvalue weighted by Crippen LogP contribution is -2.17. The first-order valence-electron chi connectivity index (χ1n) is 6.25. The second kappa shape index (κ2) is 6.75. The van der Waals surface area contributed by atoms with Gasteiger partial charge in [-0.3, -0.25) is 4.98 Å². The summed E-state index contributed by atoms with van der Waals surface area (Å²) in [5.41, 5.74) is 2.19. The second-order valence-corrected chi connectivity index (χ2v) is 4.28. The fourth-order valence-corrected chi connectivity index (χ4v) is 1.76. The molecule has 0 fully saturated rings. The lowest BCUT2D eigenvalue weighted by atomic mass is 10.1. The van der Waals surface area contributed by atoms with Crippen LogP contribution >= 0.6 is 0 Å². The molecule has 0 atom stereocenters. The third-order valence-electron chi connectivity index (χ3n) is 2.86. The van der Waals surface area contributed by atoms with Crippen molar-refractivity contribution >= 4 is 0 Å². The van der Waals surface area contributed by atoms with Crippen LogP contribution in [0.25, 0.3) is 0 Å². The van der Waals surface area contributed by atoms with Crippen LogP contribution in [0.2, 0.25) is 0 Å². The van der Waals surface area contributed by atoms with Gasteiger partial charge in [0.2, 0.25) is 0 Å². The average Bonchev–Trinajstić information content (AvgIpc) is 2.46. The van der Waals surface area contributed by atoms with Crippen LogP contribution in [0.5, 0.6) is 11.5 Å². The van der Waals surface area contributed by atoms with E-state index in [9.17, 15) is 0 Å². The molecule has 0 aliphatic heterocycles. The fourth-order valence-electron chi connectivity index (χ4n) is 1.76. The molecular weight excluding hydrogens is 240 g/mol. The van der Waals surface area contributed by atoms with Crippen molar-refractivity contribution in [1.82, 2.24) is 10.3 Å². The molecule has 2 aromatic rings. The molecule has 0 saturated carbocycles. The molecular formula is C15H18N2O2. The quantitative estimate of drug-likeness (QED) is 0.779. The van der Waals surface area contributed by atoms with E-state index >= 15 is 0 Å². The van der Waals surface area contributed by atoms with Gasteiger partial charge >= 0.3 is 0 Å². The molecule has 19 heavy (non-hydrogen) atoms. The van der Waals surface area contributed by atoms with Crippen molar-refractivity contribution in [3.63, 3.8) is 0 Å². The Bertz CT molecular complexity index is 495. The third kappa shape index (κ3) is 4.26. The summed E-state index contributed by atoms with van der Waals surface area (Å²) in [4.78, 5) is 4.12. The van der Waals surface area contributed by atoms with Crippen LogP contribution in [0.3, 0.4) is 0 Å². The van der Waals surface area contributed by atoms with Crippen LogP contribution in [-0.2, 0) is 13.0 Å². The van der Waals surface area contributed by atoms with Gasteiger partial charge < -0.3 is 15.2 Å². The van der Waals surface area contributed by atoms with Crippen LogP contribution in [0.4, 0.5) is 0 Å². The third-order valence-corrected chi connectivity index (χ3v) is 2.86. The van der Waals surface area contributed by atoms with Gasteiger partial charge in [-0.15, -0.1) is 0 Å². The van der Waals surface area contributed by atoms with Crippen LogP contribution in [0.1, 0.15) is 11.3 Å². The van der Waals surface area contributed by atoms with E-state index in [-0.39, 0.29) is 5.75 Å². The number of hydrogen-bond donors (Lipinski definition) is 2. The highest BCUT2D eigenvalue weighted by Gasteiger charge is 1.97. The number of methoxy groups -OCH3 is 1. The SMILES string of the molecule is COc1ccc(CCNCc2ccc(O)cn2)cc1. The Kier molecular flexibility index (Phi) is 4.75. The van der Waals surface area contributed by atoms with Crippen molar-refractivity contribution in [1.29, 1.82) is 0 Å². The number of nitrogens with one attached hydrogen (secondary N) is 1. The zero-order valence-corrected chi connectivity index (χ0v) is 11.0. The molecule has 2 N–H and O–H groups in total. The Hall–Kier alpha value is -2.07. The number of pyridine rings is 1. The molecule has 0 bridgehead atoms. The molecule has 0 aliphatic carbocycles. The van der Waals surface area contributed by atoms with E-state index in [1.54, 1.807) is 13.2 Å². The molecule has 2 rings (SSSR count). The lowest BCUT2D eigenvalue weighted by Gasteiger charge is -2.05. The summed E-state index contributed by atoms with van der Waals surface area (Å²) in [5, 5.41) is 12.4. The summed E-state index contributed by atoms with van der Waals surface area (Å²) in [6.07, 6.45) is 2.42. The Morgan fingerprint density at radius 3 is 2.58 bits per heavy atom. The largest absolute Gasteiger partial charge is 0.506 e. The molecule has 4 nitrogen and oxygen atoms in total. The monoisotopic (exact) mass is 258 g/mol. The highest BCUT2D eigenvalue weighted by atomic mass is 16.5. The standard InChI is InChI=1S/C15H18N2O2/c1-19-15-6-2-12(3-7-15)8-9-16-10-13-4-5-14(18)11-17-13/h2-7,11,16,18H,8-10H2,1H3. The number of aromatic hydroxyl groups is 1. The molecule has 0 radical (unpaired) electrons. The summed E-state index contributed by atoms with van der Waals surface area (Å²) in [7, 11) is 1.67. The summed E-state index contributed by atoms with van der Waals surface area (Å²) >= 11 is 0. The van der Waals surface area contributed by atoms with E-state index in [1.807, 2.05) is 18.2 Å². The van der Waals surface area contributed by atoms with Crippen molar-refractivity contribution in [2.75, 3.05) is 13.7 Å². The Morgan fingerprint density at radius 2 is 1.95 bits per heavy atom. The number of hydrogen-bond acceptors (Lipinski definition) is 4. The Labute approximate surface area is 113 Å². The minimum absolute atomic E-state index is 0.196. The van der Waals surface area contributed by atoms with E-state index in [4.69, 9.17) is 9.84 Å². The maximum atomic E-state index is 9.13. The molecule has 1 heterocycles. The van der Waals surface area contributed by atoms with E-state index in [0.29, 0.717) is 6.54 Å². The molecule has 100 valence electrons. The van der Waals surface area contributed by atoms with E-state index in [1.165, 1.54) is 11.8 Å². The molecule has 0 saturated heterocycles. The van der Waals surface area contributed by atoms with Gasteiger partial charge in [-0.1, -0.05) is 12.1 Å². The van der Waals surface area contributed by atoms with Crippen molar-refractivity contribution < 1.29 is 9.84 Å². The van der Waals surface area contributed by atoms with E-state index in [0.717, 1.165) is 24.4 Å². The minimum Gasteiger partial charge on any atom is -0.506 e. The smallest absolute Gasteiger partial charge is 0.133 e. The van der Waals surface area contributed by atoms with Crippen LogP contribution in [0, 0.1) is 0 Å². The van der Waals surface area contributed by atoms with Gasteiger partial charge in [-0.05, 0) is 42.8 Å². The van der Waals surface area contributed by atoms with Gasteiger partial charge in [0.1, 0.15) is 11.5 Å². The maximum Gasteiger partial charge on any atom is 0.133 e. The number of aromatic nitrogens is 1. The second-order valence-electron chi connectivity index (χ2n) is 4.28. The maximum absolute atomic E-state index is 9.13. The van der Waals surface area contributed by atoms with Crippen molar-refractivity contribution in [2.45, 2.75) is 13.0 Å². The van der Waals surface area contributed by atoms with E-state index < -0.39 is 0 Å². The predicted octanol–water partition coefficient (Wildman–Crippen LogP) is 2.13.